The summed E-state index contributed by atoms with van der Waals surface area (Å²) >= 11 is 6.16. The Morgan fingerprint density at radius 3 is 2.37 bits per heavy atom. The molecule has 3 heteroatoms. The molecule has 2 nitrogen and oxygen atoms in total. The van der Waals surface area contributed by atoms with Crippen molar-refractivity contribution in [3.05, 3.63) is 64.7 Å². The fraction of sp³-hybridized carbons (Fsp3) is 0.250. The van der Waals surface area contributed by atoms with Crippen LogP contribution in [-0.4, -0.2) is 6.54 Å². The first kappa shape index (κ1) is 13.9. The molecule has 0 saturated heterocycles. The van der Waals surface area contributed by atoms with Gasteiger partial charge in [0.1, 0.15) is 0 Å². The number of halogens is 1. The Bertz CT molecular complexity index is 523. The maximum atomic E-state index is 6.16. The van der Waals surface area contributed by atoms with Crippen LogP contribution in [0.15, 0.2) is 48.5 Å². The van der Waals surface area contributed by atoms with Crippen LogP contribution in [-0.2, 0) is 6.42 Å². The van der Waals surface area contributed by atoms with Crippen LogP contribution in [0.3, 0.4) is 0 Å². The quantitative estimate of drug-likeness (QED) is 0.864. The van der Waals surface area contributed by atoms with Crippen LogP contribution in [0.1, 0.15) is 24.1 Å². The molecule has 2 rings (SSSR count). The molecule has 19 heavy (non-hydrogen) atoms. The van der Waals surface area contributed by atoms with E-state index in [2.05, 4.69) is 36.5 Å². The molecule has 0 fully saturated rings. The molecule has 1 unspecified atom stereocenters. The Labute approximate surface area is 119 Å². The average molecular weight is 275 g/mol. The summed E-state index contributed by atoms with van der Waals surface area (Å²) in [5.74, 6) is 0. The van der Waals surface area contributed by atoms with Crippen LogP contribution >= 0.6 is 11.6 Å². The minimum atomic E-state index is 0.0748. The van der Waals surface area contributed by atoms with Gasteiger partial charge in [-0.25, -0.2) is 0 Å². The molecule has 0 amide bonds. The summed E-state index contributed by atoms with van der Waals surface area (Å²) in [6, 6.07) is 16.3. The molecule has 0 bridgehead atoms. The third-order valence-corrected chi connectivity index (χ3v) is 3.56. The Morgan fingerprint density at radius 1 is 1.11 bits per heavy atom. The van der Waals surface area contributed by atoms with Gasteiger partial charge in [0.25, 0.3) is 0 Å². The van der Waals surface area contributed by atoms with E-state index in [9.17, 15) is 0 Å². The number of nitrogens with one attached hydrogen (secondary N) is 1. The van der Waals surface area contributed by atoms with E-state index in [0.29, 0.717) is 11.6 Å². The number of rotatable bonds is 5. The summed E-state index contributed by atoms with van der Waals surface area (Å²) in [4.78, 5) is 0. The standard InChI is InChI=1S/C16H19ClN2/c1-2-12-7-9-13(10-8-12)16(11-18)19-15-6-4-3-5-14(15)17/h3-10,16,19H,2,11,18H2,1H3. The number of aryl methyl sites for hydroxylation is 1. The first-order chi connectivity index (χ1) is 9.24. The minimum Gasteiger partial charge on any atom is -0.376 e. The summed E-state index contributed by atoms with van der Waals surface area (Å²) in [6.07, 6.45) is 1.05. The van der Waals surface area contributed by atoms with Crippen molar-refractivity contribution in [2.75, 3.05) is 11.9 Å². The summed E-state index contributed by atoms with van der Waals surface area (Å²) in [7, 11) is 0. The minimum absolute atomic E-state index is 0.0748. The second-order valence-electron chi connectivity index (χ2n) is 4.51. The van der Waals surface area contributed by atoms with Crippen LogP contribution in [0.5, 0.6) is 0 Å². The molecule has 0 aliphatic carbocycles. The normalized spacial score (nSPS) is 12.2. The highest BCUT2D eigenvalue weighted by Crippen LogP contribution is 2.25. The largest absolute Gasteiger partial charge is 0.376 e. The lowest BCUT2D eigenvalue weighted by molar-refractivity contribution is 0.789. The SMILES string of the molecule is CCc1ccc(C(CN)Nc2ccccc2Cl)cc1. The topological polar surface area (TPSA) is 38.0 Å². The van der Waals surface area contributed by atoms with Gasteiger partial charge in [0.2, 0.25) is 0 Å². The van der Waals surface area contributed by atoms with Gasteiger partial charge in [-0.05, 0) is 29.7 Å². The van der Waals surface area contributed by atoms with Crippen LogP contribution in [0.4, 0.5) is 5.69 Å². The highest BCUT2D eigenvalue weighted by molar-refractivity contribution is 6.33. The molecule has 0 heterocycles. The summed E-state index contributed by atoms with van der Waals surface area (Å²) in [5.41, 5.74) is 9.29. The number of benzene rings is 2. The lowest BCUT2D eigenvalue weighted by Crippen LogP contribution is -2.20. The van der Waals surface area contributed by atoms with Gasteiger partial charge in [-0.2, -0.15) is 0 Å². The molecule has 2 aromatic rings. The highest BCUT2D eigenvalue weighted by Gasteiger charge is 2.10. The molecule has 0 aliphatic rings. The fourth-order valence-electron chi connectivity index (χ4n) is 2.03. The number of para-hydroxylation sites is 1. The van der Waals surface area contributed by atoms with E-state index in [1.807, 2.05) is 24.3 Å². The molecular formula is C16H19ClN2. The average Bonchev–Trinajstić information content (AvgIpc) is 2.47. The van der Waals surface area contributed by atoms with Crippen LogP contribution in [0.2, 0.25) is 5.02 Å². The van der Waals surface area contributed by atoms with Crippen LogP contribution in [0, 0.1) is 0 Å². The van der Waals surface area contributed by atoms with Crippen molar-refractivity contribution >= 4 is 17.3 Å². The summed E-state index contributed by atoms with van der Waals surface area (Å²) in [6.45, 7) is 2.67. The zero-order valence-electron chi connectivity index (χ0n) is 11.1. The molecule has 0 aromatic heterocycles. The van der Waals surface area contributed by atoms with E-state index in [-0.39, 0.29) is 6.04 Å². The van der Waals surface area contributed by atoms with E-state index < -0.39 is 0 Å². The summed E-state index contributed by atoms with van der Waals surface area (Å²) < 4.78 is 0. The van der Waals surface area contributed by atoms with Crippen molar-refractivity contribution in [1.82, 2.24) is 0 Å². The predicted octanol–water partition coefficient (Wildman–Crippen LogP) is 4.01. The lowest BCUT2D eigenvalue weighted by atomic mass is 10.0. The smallest absolute Gasteiger partial charge is 0.0637 e. The number of anilines is 1. The van der Waals surface area contributed by atoms with Crippen LogP contribution < -0.4 is 11.1 Å². The van der Waals surface area contributed by atoms with Gasteiger partial charge in [0.05, 0.1) is 16.8 Å². The monoisotopic (exact) mass is 274 g/mol. The molecule has 3 N–H and O–H groups in total. The van der Waals surface area contributed by atoms with E-state index >= 15 is 0 Å². The third-order valence-electron chi connectivity index (χ3n) is 3.23. The van der Waals surface area contributed by atoms with Gasteiger partial charge in [-0.15, -0.1) is 0 Å². The van der Waals surface area contributed by atoms with E-state index in [1.165, 1.54) is 11.1 Å². The zero-order valence-corrected chi connectivity index (χ0v) is 11.8. The second kappa shape index (κ2) is 6.60. The van der Waals surface area contributed by atoms with Gasteiger partial charge in [-0.3, -0.25) is 0 Å². The maximum absolute atomic E-state index is 6.16. The van der Waals surface area contributed by atoms with E-state index in [4.69, 9.17) is 17.3 Å². The number of nitrogens with two attached hydrogens (primary N) is 1. The Hall–Kier alpha value is -1.51. The molecule has 0 spiro atoms. The highest BCUT2D eigenvalue weighted by atomic mass is 35.5. The maximum Gasteiger partial charge on any atom is 0.0637 e. The Balaban J connectivity index is 2.17. The van der Waals surface area contributed by atoms with Gasteiger partial charge in [-0.1, -0.05) is 54.9 Å². The van der Waals surface area contributed by atoms with Gasteiger partial charge in [0.15, 0.2) is 0 Å². The molecule has 0 saturated carbocycles. The molecule has 100 valence electrons. The molecule has 0 radical (unpaired) electrons. The Morgan fingerprint density at radius 2 is 1.79 bits per heavy atom. The number of hydrogen-bond donors (Lipinski definition) is 2. The third kappa shape index (κ3) is 3.49. The predicted molar refractivity (Wildman–Crippen MR) is 82.7 cm³/mol. The molecular weight excluding hydrogens is 256 g/mol. The van der Waals surface area contributed by atoms with Crippen molar-refractivity contribution in [1.29, 1.82) is 0 Å². The summed E-state index contributed by atoms with van der Waals surface area (Å²) in [5, 5.41) is 4.11. The van der Waals surface area contributed by atoms with Gasteiger partial charge in [0, 0.05) is 6.54 Å². The van der Waals surface area contributed by atoms with E-state index in [0.717, 1.165) is 12.1 Å². The van der Waals surface area contributed by atoms with Gasteiger partial charge < -0.3 is 11.1 Å². The first-order valence-electron chi connectivity index (χ1n) is 6.54. The lowest BCUT2D eigenvalue weighted by Gasteiger charge is -2.19. The van der Waals surface area contributed by atoms with Crippen molar-refractivity contribution in [3.8, 4) is 0 Å². The number of hydrogen-bond acceptors (Lipinski definition) is 2. The second-order valence-corrected chi connectivity index (χ2v) is 4.91. The van der Waals surface area contributed by atoms with E-state index in [1.54, 1.807) is 0 Å². The van der Waals surface area contributed by atoms with Crippen molar-refractivity contribution < 1.29 is 0 Å². The van der Waals surface area contributed by atoms with Crippen molar-refractivity contribution in [3.63, 3.8) is 0 Å². The van der Waals surface area contributed by atoms with Crippen molar-refractivity contribution in [2.24, 2.45) is 5.73 Å². The molecule has 0 aliphatic heterocycles. The zero-order chi connectivity index (χ0) is 13.7. The molecule has 2 aromatic carbocycles. The fourth-order valence-corrected chi connectivity index (χ4v) is 2.22. The van der Waals surface area contributed by atoms with Crippen molar-refractivity contribution in [2.45, 2.75) is 19.4 Å². The molecule has 1 atom stereocenters. The van der Waals surface area contributed by atoms with Crippen LogP contribution in [0.25, 0.3) is 0 Å². The van der Waals surface area contributed by atoms with Gasteiger partial charge >= 0.3 is 0 Å². The first-order valence-corrected chi connectivity index (χ1v) is 6.92. The Kier molecular flexibility index (Phi) is 4.83.